The van der Waals surface area contributed by atoms with Gasteiger partial charge in [0.05, 0.1) is 28.5 Å². The standard InChI is InChI=1S/C24H29ClN2O5S/c1-16(27-22(29)24(15-28)8-10-30-11-9-24)2-6-19-13-26-23(33-19)32-21-7-5-18(12-20(21)25)31-14-17-3-4-17/h2,5-7,12-13,16-17,28H,3-4,8-11,14-15H2,1H3,(H,27,29)/b6-2+/t16-/m0/s1. The molecule has 7 nitrogen and oxygen atoms in total. The maximum absolute atomic E-state index is 12.7. The van der Waals surface area contributed by atoms with Crippen LogP contribution in [0.5, 0.6) is 16.7 Å². The van der Waals surface area contributed by atoms with Gasteiger partial charge in [0.1, 0.15) is 11.5 Å². The number of nitrogens with zero attached hydrogens (tertiary/aromatic N) is 1. The van der Waals surface area contributed by atoms with Gasteiger partial charge in [-0.05, 0) is 56.7 Å². The second-order valence-electron chi connectivity index (χ2n) is 8.65. The number of hydrogen-bond donors (Lipinski definition) is 2. The second-order valence-corrected chi connectivity index (χ2v) is 10.1. The van der Waals surface area contributed by atoms with Crippen LogP contribution in [0, 0.1) is 11.3 Å². The number of rotatable bonds is 10. The van der Waals surface area contributed by atoms with Gasteiger partial charge in [-0.25, -0.2) is 4.98 Å². The van der Waals surface area contributed by atoms with Crippen LogP contribution < -0.4 is 14.8 Å². The van der Waals surface area contributed by atoms with Crippen LogP contribution in [0.1, 0.15) is 37.5 Å². The Labute approximate surface area is 202 Å². The number of aliphatic hydroxyl groups excluding tert-OH is 1. The Balaban J connectivity index is 1.30. The highest BCUT2D eigenvalue weighted by Gasteiger charge is 2.39. The van der Waals surface area contributed by atoms with E-state index in [2.05, 4.69) is 10.3 Å². The lowest BCUT2D eigenvalue weighted by Gasteiger charge is -2.34. The molecule has 2 fully saturated rings. The van der Waals surface area contributed by atoms with Crippen molar-refractivity contribution in [3.63, 3.8) is 0 Å². The Morgan fingerprint density at radius 3 is 2.91 bits per heavy atom. The number of nitrogens with one attached hydrogen (secondary N) is 1. The number of hydrogen-bond acceptors (Lipinski definition) is 7. The Morgan fingerprint density at radius 1 is 1.42 bits per heavy atom. The molecule has 1 aliphatic carbocycles. The molecule has 1 amide bonds. The molecule has 2 N–H and O–H groups in total. The Morgan fingerprint density at radius 2 is 2.21 bits per heavy atom. The van der Waals surface area contributed by atoms with Gasteiger partial charge in [0.15, 0.2) is 0 Å². The highest BCUT2D eigenvalue weighted by Crippen LogP contribution is 2.36. The summed E-state index contributed by atoms with van der Waals surface area (Å²) in [5.74, 6) is 1.79. The van der Waals surface area contributed by atoms with E-state index in [4.69, 9.17) is 25.8 Å². The molecule has 9 heteroatoms. The number of benzene rings is 1. The Hall–Kier alpha value is -2.13. The summed E-state index contributed by atoms with van der Waals surface area (Å²) in [7, 11) is 0. The van der Waals surface area contributed by atoms with Gasteiger partial charge < -0.3 is 24.6 Å². The smallest absolute Gasteiger partial charge is 0.279 e. The number of ether oxygens (including phenoxy) is 3. The first-order chi connectivity index (χ1) is 16.0. The van der Waals surface area contributed by atoms with Gasteiger partial charge in [-0.15, -0.1) is 0 Å². The molecule has 2 heterocycles. The number of aromatic nitrogens is 1. The molecule has 2 aliphatic rings. The van der Waals surface area contributed by atoms with Crippen LogP contribution in [0.15, 0.2) is 30.5 Å². The van der Waals surface area contributed by atoms with E-state index < -0.39 is 5.41 Å². The van der Waals surface area contributed by atoms with Crippen LogP contribution >= 0.6 is 22.9 Å². The van der Waals surface area contributed by atoms with E-state index in [1.807, 2.05) is 25.1 Å². The van der Waals surface area contributed by atoms with Crippen LogP contribution in [0.3, 0.4) is 0 Å². The molecule has 0 unspecified atom stereocenters. The summed E-state index contributed by atoms with van der Waals surface area (Å²) in [5.41, 5.74) is -0.760. The molecule has 0 spiro atoms. The predicted molar refractivity (Wildman–Crippen MR) is 128 cm³/mol. The molecule has 1 saturated heterocycles. The molecule has 1 aromatic heterocycles. The fourth-order valence-corrected chi connectivity index (χ4v) is 4.41. The van der Waals surface area contributed by atoms with Crippen LogP contribution in [-0.4, -0.2) is 48.5 Å². The highest BCUT2D eigenvalue weighted by atomic mass is 35.5. The molecule has 33 heavy (non-hydrogen) atoms. The zero-order valence-electron chi connectivity index (χ0n) is 18.6. The summed E-state index contributed by atoms with van der Waals surface area (Å²) >= 11 is 7.72. The maximum Gasteiger partial charge on any atom is 0.279 e. The van der Waals surface area contributed by atoms with Crippen LogP contribution in [0.25, 0.3) is 6.08 Å². The van der Waals surface area contributed by atoms with Gasteiger partial charge in [0.2, 0.25) is 5.91 Å². The molecular formula is C24H29ClN2O5S. The molecule has 1 aromatic carbocycles. The average molecular weight is 493 g/mol. The van der Waals surface area contributed by atoms with Crippen LogP contribution in [0.4, 0.5) is 0 Å². The van der Waals surface area contributed by atoms with Crippen molar-refractivity contribution >= 4 is 34.9 Å². The largest absolute Gasteiger partial charge is 0.493 e. The third-order valence-electron chi connectivity index (χ3n) is 5.93. The lowest BCUT2D eigenvalue weighted by Crippen LogP contribution is -2.49. The predicted octanol–water partition coefficient (Wildman–Crippen LogP) is 4.68. The van der Waals surface area contributed by atoms with Gasteiger partial charge in [-0.2, -0.15) is 0 Å². The summed E-state index contributed by atoms with van der Waals surface area (Å²) in [6, 6.07) is 5.19. The van der Waals surface area contributed by atoms with Crippen molar-refractivity contribution in [2.75, 3.05) is 26.4 Å². The molecule has 0 bridgehead atoms. The third-order valence-corrected chi connectivity index (χ3v) is 7.06. The molecule has 0 radical (unpaired) electrons. The molecule has 2 aromatic rings. The number of halogens is 1. The zero-order valence-corrected chi connectivity index (χ0v) is 20.2. The summed E-state index contributed by atoms with van der Waals surface area (Å²) in [4.78, 5) is 17.9. The Kier molecular flexibility index (Phi) is 7.90. The summed E-state index contributed by atoms with van der Waals surface area (Å²) in [6.07, 6.45) is 9.01. The van der Waals surface area contributed by atoms with Crippen molar-refractivity contribution in [2.45, 2.75) is 38.6 Å². The first-order valence-corrected chi connectivity index (χ1v) is 12.4. The van der Waals surface area contributed by atoms with Crippen molar-refractivity contribution in [3.8, 4) is 16.7 Å². The van der Waals surface area contributed by atoms with Gasteiger partial charge >= 0.3 is 0 Å². The summed E-state index contributed by atoms with van der Waals surface area (Å²) in [5, 5.41) is 13.7. The van der Waals surface area contributed by atoms with Crippen LogP contribution in [-0.2, 0) is 9.53 Å². The number of carbonyl (C=O) groups is 1. The Bertz CT molecular complexity index is 985. The number of carbonyl (C=O) groups excluding carboxylic acids is 1. The van der Waals surface area contributed by atoms with Crippen molar-refractivity contribution < 1.29 is 24.1 Å². The lowest BCUT2D eigenvalue weighted by atomic mass is 9.80. The molecule has 4 rings (SSSR count). The highest BCUT2D eigenvalue weighted by molar-refractivity contribution is 7.14. The molecule has 1 saturated carbocycles. The first kappa shape index (κ1) is 24.0. The van der Waals surface area contributed by atoms with E-state index in [-0.39, 0.29) is 18.6 Å². The normalized spacial score (nSPS) is 18.8. The number of thiazole rings is 1. The number of aliphatic hydroxyl groups is 1. The molecule has 1 aliphatic heterocycles. The van der Waals surface area contributed by atoms with E-state index >= 15 is 0 Å². The molecule has 1 atom stereocenters. The summed E-state index contributed by atoms with van der Waals surface area (Å²) in [6.45, 7) is 3.42. The van der Waals surface area contributed by atoms with Gasteiger partial charge in [-0.1, -0.05) is 29.0 Å². The van der Waals surface area contributed by atoms with Crippen molar-refractivity contribution in [1.82, 2.24) is 10.3 Å². The fourth-order valence-electron chi connectivity index (χ4n) is 3.51. The van der Waals surface area contributed by atoms with E-state index in [1.165, 1.54) is 24.2 Å². The SMILES string of the molecule is C[C@@H](/C=C/c1cnc(Oc2ccc(OCC3CC3)cc2Cl)s1)NC(=O)C1(CO)CCOCC1. The first-order valence-electron chi connectivity index (χ1n) is 11.2. The maximum atomic E-state index is 12.7. The van der Waals surface area contributed by atoms with E-state index in [0.717, 1.165) is 17.2 Å². The minimum atomic E-state index is -0.760. The minimum absolute atomic E-state index is 0.141. The van der Waals surface area contributed by atoms with Gasteiger partial charge in [0, 0.05) is 31.5 Å². The van der Waals surface area contributed by atoms with E-state index in [0.29, 0.717) is 47.9 Å². The van der Waals surface area contributed by atoms with Crippen molar-refractivity contribution in [1.29, 1.82) is 0 Å². The van der Waals surface area contributed by atoms with Gasteiger partial charge in [-0.3, -0.25) is 4.79 Å². The quantitative estimate of drug-likeness (QED) is 0.500. The second kappa shape index (κ2) is 10.9. The van der Waals surface area contributed by atoms with Crippen molar-refractivity contribution in [2.24, 2.45) is 11.3 Å². The monoisotopic (exact) mass is 492 g/mol. The van der Waals surface area contributed by atoms with Gasteiger partial charge in [0.25, 0.3) is 5.19 Å². The number of amides is 1. The fraction of sp³-hybridized carbons (Fsp3) is 0.500. The zero-order chi connectivity index (χ0) is 23.3. The summed E-state index contributed by atoms with van der Waals surface area (Å²) < 4.78 is 16.9. The lowest BCUT2D eigenvalue weighted by molar-refractivity contribution is -0.140. The average Bonchev–Trinajstić information content (AvgIpc) is 3.55. The minimum Gasteiger partial charge on any atom is -0.493 e. The molecule has 178 valence electrons. The third kappa shape index (κ3) is 6.47. The molecular weight excluding hydrogens is 464 g/mol. The van der Waals surface area contributed by atoms with E-state index in [1.54, 1.807) is 18.3 Å². The van der Waals surface area contributed by atoms with Crippen LogP contribution in [0.2, 0.25) is 5.02 Å². The topological polar surface area (TPSA) is 89.9 Å². The van der Waals surface area contributed by atoms with Crippen molar-refractivity contribution in [3.05, 3.63) is 40.4 Å². The van der Waals surface area contributed by atoms with E-state index in [9.17, 15) is 9.90 Å².